The summed E-state index contributed by atoms with van der Waals surface area (Å²) in [7, 11) is 0. The molecule has 2 unspecified atom stereocenters. The molecule has 0 aliphatic carbocycles. The molecular weight excluding hydrogens is 284 g/mol. The Balaban J connectivity index is 0.00000122. The summed E-state index contributed by atoms with van der Waals surface area (Å²) >= 11 is 5.82. The number of halogens is 1. The van der Waals surface area contributed by atoms with Crippen LogP contribution in [0.1, 0.15) is 27.7 Å². The Labute approximate surface area is 133 Å². The summed E-state index contributed by atoms with van der Waals surface area (Å²) in [4.78, 5) is 4.34. The topological polar surface area (TPSA) is 47.6 Å². The highest BCUT2D eigenvalue weighted by Crippen LogP contribution is 2.17. The van der Waals surface area contributed by atoms with Crippen molar-refractivity contribution in [3.05, 3.63) is 54.1 Å². The maximum Gasteiger partial charge on any atom is 0.137 e. The smallest absolute Gasteiger partial charge is 0.137 e. The third-order valence-corrected chi connectivity index (χ3v) is 2.49. The second kappa shape index (κ2) is 11.1. The molecule has 0 saturated carbocycles. The fraction of sp³-hybridized carbons (Fsp3) is 0.353. The Morgan fingerprint density at radius 3 is 2.24 bits per heavy atom. The van der Waals surface area contributed by atoms with Crippen LogP contribution in [0.15, 0.2) is 54.1 Å². The Morgan fingerprint density at radius 2 is 1.81 bits per heavy atom. The van der Waals surface area contributed by atoms with Crippen LogP contribution in [0, 0.1) is 0 Å². The third kappa shape index (κ3) is 9.05. The van der Waals surface area contributed by atoms with E-state index < -0.39 is 0 Å². The first-order valence-electron chi connectivity index (χ1n) is 6.89. The van der Waals surface area contributed by atoms with Crippen molar-refractivity contribution in [2.75, 3.05) is 0 Å². The molecule has 0 amide bonds. The molecule has 21 heavy (non-hydrogen) atoms. The van der Waals surface area contributed by atoms with Crippen LogP contribution in [0.5, 0.6) is 5.75 Å². The fourth-order valence-electron chi connectivity index (χ4n) is 1.47. The van der Waals surface area contributed by atoms with E-state index in [1.165, 1.54) is 0 Å². The molecule has 2 atom stereocenters. The highest BCUT2D eigenvalue weighted by molar-refractivity contribution is 6.30. The zero-order valence-electron chi connectivity index (χ0n) is 13.2. The lowest BCUT2D eigenvalue weighted by atomic mass is 10.2. The Bertz CT molecular complexity index is 464. The lowest BCUT2D eigenvalue weighted by Gasteiger charge is -2.16. The number of ether oxygens (including phenoxy) is 1. The number of rotatable bonds is 5. The molecule has 0 saturated heterocycles. The van der Waals surface area contributed by atoms with E-state index in [4.69, 9.17) is 22.1 Å². The van der Waals surface area contributed by atoms with E-state index in [1.807, 2.05) is 52.0 Å². The molecule has 3 nitrogen and oxygen atoms in total. The van der Waals surface area contributed by atoms with Crippen LogP contribution in [0.4, 0.5) is 0 Å². The van der Waals surface area contributed by atoms with Crippen LogP contribution in [-0.2, 0) is 0 Å². The summed E-state index contributed by atoms with van der Waals surface area (Å²) in [5, 5.41) is 0.688. The molecule has 0 spiro atoms. The van der Waals surface area contributed by atoms with E-state index in [1.54, 1.807) is 18.2 Å². The molecule has 0 radical (unpaired) electrons. The number of nitrogens with two attached hydrogens (primary N) is 1. The monoisotopic (exact) mass is 308 g/mol. The first-order valence-corrected chi connectivity index (χ1v) is 7.27. The van der Waals surface area contributed by atoms with E-state index in [2.05, 4.69) is 11.6 Å². The Hall–Kier alpha value is -1.58. The van der Waals surface area contributed by atoms with Gasteiger partial charge in [-0.1, -0.05) is 23.8 Å². The van der Waals surface area contributed by atoms with Crippen molar-refractivity contribution < 1.29 is 4.74 Å². The summed E-state index contributed by atoms with van der Waals surface area (Å²) in [5.41, 5.74) is 6.50. The van der Waals surface area contributed by atoms with Crippen LogP contribution >= 0.6 is 11.6 Å². The molecular formula is C17H25ClN2O. The number of allylic oxidation sites excluding steroid dienone is 2. The summed E-state index contributed by atoms with van der Waals surface area (Å²) in [6.45, 7) is 11.0. The zero-order valence-corrected chi connectivity index (χ0v) is 14.0. The van der Waals surface area contributed by atoms with Crippen LogP contribution in [0.3, 0.4) is 0 Å². The van der Waals surface area contributed by atoms with Gasteiger partial charge in [0.2, 0.25) is 0 Å². The first-order chi connectivity index (χ1) is 9.94. The number of hydrogen-bond donors (Lipinski definition) is 1. The molecule has 1 aromatic rings. The van der Waals surface area contributed by atoms with Crippen molar-refractivity contribution in [3.8, 4) is 5.75 Å². The number of aliphatic imine (C=N–C) groups is 1. The van der Waals surface area contributed by atoms with Gasteiger partial charge in [0.05, 0.1) is 11.9 Å². The van der Waals surface area contributed by atoms with Gasteiger partial charge in [0, 0.05) is 5.02 Å². The zero-order chi connectivity index (χ0) is 16.3. The first kappa shape index (κ1) is 19.4. The molecule has 116 valence electrons. The van der Waals surface area contributed by atoms with Crippen LogP contribution in [0.2, 0.25) is 5.02 Å². The van der Waals surface area contributed by atoms with Gasteiger partial charge in [0.15, 0.2) is 0 Å². The SMILES string of the molecule is C/C=C\C(=N/C(C)N)C(C)Oc1ccc(Cl)cc1.C=CC. The van der Waals surface area contributed by atoms with Gasteiger partial charge in [-0.15, -0.1) is 6.58 Å². The average molecular weight is 309 g/mol. The highest BCUT2D eigenvalue weighted by Gasteiger charge is 2.10. The van der Waals surface area contributed by atoms with Crippen molar-refractivity contribution in [1.29, 1.82) is 0 Å². The summed E-state index contributed by atoms with van der Waals surface area (Å²) < 4.78 is 5.79. The highest BCUT2D eigenvalue weighted by atomic mass is 35.5. The minimum atomic E-state index is -0.243. The van der Waals surface area contributed by atoms with Crippen molar-refractivity contribution in [2.24, 2.45) is 10.7 Å². The number of hydrogen-bond acceptors (Lipinski definition) is 3. The van der Waals surface area contributed by atoms with Crippen molar-refractivity contribution in [3.63, 3.8) is 0 Å². The predicted octanol–water partition coefficient (Wildman–Crippen LogP) is 4.62. The lowest BCUT2D eigenvalue weighted by Crippen LogP contribution is -2.25. The molecule has 0 bridgehead atoms. The van der Waals surface area contributed by atoms with E-state index in [9.17, 15) is 0 Å². The Kier molecular flexibility index (Phi) is 10.3. The molecule has 0 heterocycles. The maximum atomic E-state index is 5.82. The minimum absolute atomic E-state index is 0.159. The second-order valence-corrected chi connectivity index (χ2v) is 4.85. The summed E-state index contributed by atoms with van der Waals surface area (Å²) in [6, 6.07) is 7.25. The molecule has 0 aliphatic heterocycles. The quantitative estimate of drug-likeness (QED) is 0.637. The van der Waals surface area contributed by atoms with E-state index in [-0.39, 0.29) is 12.3 Å². The average Bonchev–Trinajstić information content (AvgIpc) is 2.41. The van der Waals surface area contributed by atoms with Gasteiger partial charge in [-0.25, -0.2) is 0 Å². The number of nitrogens with zero attached hydrogens (tertiary/aromatic N) is 1. The van der Waals surface area contributed by atoms with E-state index >= 15 is 0 Å². The van der Waals surface area contributed by atoms with Gasteiger partial charge in [-0.05, 0) is 58.0 Å². The summed E-state index contributed by atoms with van der Waals surface area (Å²) in [6.07, 6.45) is 5.17. The van der Waals surface area contributed by atoms with Gasteiger partial charge in [0.1, 0.15) is 11.9 Å². The molecule has 1 rings (SSSR count). The predicted molar refractivity (Wildman–Crippen MR) is 93.3 cm³/mol. The van der Waals surface area contributed by atoms with E-state index in [0.717, 1.165) is 11.5 Å². The fourth-order valence-corrected chi connectivity index (χ4v) is 1.59. The molecule has 0 aliphatic rings. The van der Waals surface area contributed by atoms with Gasteiger partial charge >= 0.3 is 0 Å². The Morgan fingerprint density at radius 1 is 1.29 bits per heavy atom. The van der Waals surface area contributed by atoms with Gasteiger partial charge < -0.3 is 10.5 Å². The molecule has 2 N–H and O–H groups in total. The third-order valence-electron chi connectivity index (χ3n) is 2.23. The lowest BCUT2D eigenvalue weighted by molar-refractivity contribution is 0.287. The van der Waals surface area contributed by atoms with Crippen molar-refractivity contribution in [2.45, 2.75) is 40.0 Å². The van der Waals surface area contributed by atoms with Gasteiger partial charge in [-0.2, -0.15) is 0 Å². The molecule has 1 aromatic carbocycles. The van der Waals surface area contributed by atoms with Gasteiger partial charge in [-0.3, -0.25) is 4.99 Å². The number of benzene rings is 1. The van der Waals surface area contributed by atoms with Crippen molar-refractivity contribution in [1.82, 2.24) is 0 Å². The maximum absolute atomic E-state index is 5.82. The molecule has 0 aromatic heterocycles. The largest absolute Gasteiger partial charge is 0.484 e. The van der Waals surface area contributed by atoms with Crippen LogP contribution in [0.25, 0.3) is 0 Å². The van der Waals surface area contributed by atoms with Crippen LogP contribution in [-0.4, -0.2) is 18.0 Å². The summed E-state index contributed by atoms with van der Waals surface area (Å²) in [5.74, 6) is 0.758. The second-order valence-electron chi connectivity index (χ2n) is 4.42. The minimum Gasteiger partial charge on any atom is -0.484 e. The van der Waals surface area contributed by atoms with Crippen LogP contribution < -0.4 is 10.5 Å². The van der Waals surface area contributed by atoms with E-state index in [0.29, 0.717) is 5.02 Å². The van der Waals surface area contributed by atoms with Crippen molar-refractivity contribution >= 4 is 17.3 Å². The normalized spacial score (nSPS) is 14.1. The molecule has 4 heteroatoms. The standard InChI is InChI=1S/C14H19ClN2O.C3H6/c1-4-5-14(17-11(3)16)10(2)18-13-8-6-12(15)7-9-13;1-3-2/h4-11H,16H2,1-3H3;3H,1H2,2H3/b5-4-,17-14+;. The van der Waals surface area contributed by atoms with Gasteiger partial charge in [0.25, 0.3) is 0 Å². The molecule has 0 fully saturated rings.